The summed E-state index contributed by atoms with van der Waals surface area (Å²) in [6.07, 6.45) is -2.74. The quantitative estimate of drug-likeness (QED) is 0.473. The fourth-order valence-electron chi connectivity index (χ4n) is 5.72. The molecule has 4 nitrogen and oxygen atoms in total. The summed E-state index contributed by atoms with van der Waals surface area (Å²) in [7, 11) is 0. The van der Waals surface area contributed by atoms with E-state index in [-0.39, 0.29) is 33.5 Å². The van der Waals surface area contributed by atoms with E-state index in [2.05, 4.69) is 0 Å². The Labute approximate surface area is 181 Å². The highest BCUT2D eigenvalue weighted by Gasteiger charge is 2.57. The zero-order chi connectivity index (χ0) is 23.0. The van der Waals surface area contributed by atoms with Crippen LogP contribution in [0.25, 0.3) is 16.6 Å². The van der Waals surface area contributed by atoms with E-state index in [9.17, 15) is 27.5 Å². The number of nitrogens with zero attached hydrogens (tertiary/aromatic N) is 1. The summed E-state index contributed by atoms with van der Waals surface area (Å²) >= 11 is 0. The molecule has 0 radical (unpaired) electrons. The molecule has 8 heteroatoms. The number of benzene rings is 2. The minimum Gasteiger partial charge on any atom is -0.508 e. The lowest BCUT2D eigenvalue weighted by Gasteiger charge is -2.57. The van der Waals surface area contributed by atoms with Crippen LogP contribution in [0.15, 0.2) is 36.4 Å². The predicted molar refractivity (Wildman–Crippen MR) is 109 cm³/mol. The summed E-state index contributed by atoms with van der Waals surface area (Å²) < 4.78 is 58.3. The van der Waals surface area contributed by atoms with Gasteiger partial charge in [0.25, 0.3) is 0 Å². The van der Waals surface area contributed by atoms with Crippen molar-refractivity contribution in [3.8, 4) is 11.4 Å². The lowest BCUT2D eigenvalue weighted by Crippen LogP contribution is -2.49. The van der Waals surface area contributed by atoms with Crippen LogP contribution in [0.4, 0.5) is 17.6 Å². The summed E-state index contributed by atoms with van der Waals surface area (Å²) in [6.45, 7) is 1.50. The van der Waals surface area contributed by atoms with E-state index >= 15 is 0 Å². The number of carboxylic acid groups (broad SMARTS) is 1. The van der Waals surface area contributed by atoms with Gasteiger partial charge in [0, 0.05) is 11.1 Å². The number of rotatable bonds is 3. The van der Waals surface area contributed by atoms with Crippen molar-refractivity contribution in [2.45, 2.75) is 44.7 Å². The second kappa shape index (κ2) is 6.73. The van der Waals surface area contributed by atoms with Gasteiger partial charge in [-0.2, -0.15) is 13.2 Å². The molecule has 168 valence electrons. The molecule has 0 saturated heterocycles. The topological polar surface area (TPSA) is 62.5 Å². The van der Waals surface area contributed by atoms with E-state index in [1.807, 2.05) is 0 Å². The highest BCUT2D eigenvalue weighted by atomic mass is 19.4. The number of aromatic hydroxyl groups is 1. The van der Waals surface area contributed by atoms with Gasteiger partial charge >= 0.3 is 12.1 Å². The van der Waals surface area contributed by atoms with Crippen LogP contribution in [0, 0.1) is 24.1 Å². The maximum atomic E-state index is 14.5. The molecule has 5 rings (SSSR count). The van der Waals surface area contributed by atoms with Crippen molar-refractivity contribution in [2.24, 2.45) is 11.3 Å². The molecule has 2 aliphatic rings. The number of halogens is 4. The average Bonchev–Trinajstić information content (AvgIpc) is 2.96. The molecule has 2 N–H and O–H groups in total. The number of aryl methyl sites for hydroxylation is 1. The molecular weight excluding hydrogens is 426 g/mol. The minimum absolute atomic E-state index is 0.120. The van der Waals surface area contributed by atoms with Gasteiger partial charge in [0.2, 0.25) is 0 Å². The highest BCUT2D eigenvalue weighted by molar-refractivity contribution is 5.89. The van der Waals surface area contributed by atoms with Gasteiger partial charge in [-0.05, 0) is 91.5 Å². The van der Waals surface area contributed by atoms with E-state index in [4.69, 9.17) is 5.11 Å². The molecule has 0 unspecified atom stereocenters. The summed E-state index contributed by atoms with van der Waals surface area (Å²) in [5, 5.41) is 19.5. The van der Waals surface area contributed by atoms with Crippen molar-refractivity contribution in [3.63, 3.8) is 0 Å². The van der Waals surface area contributed by atoms with E-state index in [0.717, 1.165) is 10.6 Å². The van der Waals surface area contributed by atoms with Gasteiger partial charge in [-0.3, -0.25) is 4.79 Å². The van der Waals surface area contributed by atoms with Gasteiger partial charge in [-0.25, -0.2) is 4.39 Å². The van der Waals surface area contributed by atoms with Crippen LogP contribution in [-0.4, -0.2) is 20.7 Å². The van der Waals surface area contributed by atoms with Crippen LogP contribution in [0.3, 0.4) is 0 Å². The summed E-state index contributed by atoms with van der Waals surface area (Å²) in [5.41, 5.74) is -0.202. The Bertz CT molecular complexity index is 1250. The number of phenolic OH excluding ortho intramolecular Hbond substituents is 1. The van der Waals surface area contributed by atoms with Gasteiger partial charge in [0.1, 0.15) is 17.3 Å². The van der Waals surface area contributed by atoms with Crippen molar-refractivity contribution >= 4 is 16.9 Å². The summed E-state index contributed by atoms with van der Waals surface area (Å²) in [4.78, 5) is 11.2. The van der Waals surface area contributed by atoms with Crippen molar-refractivity contribution < 1.29 is 32.6 Å². The first-order chi connectivity index (χ1) is 15.0. The number of hydrogen-bond donors (Lipinski definition) is 2. The van der Waals surface area contributed by atoms with Gasteiger partial charge < -0.3 is 14.8 Å². The van der Waals surface area contributed by atoms with Gasteiger partial charge in [0.05, 0.1) is 11.4 Å². The number of aromatic nitrogens is 1. The summed E-state index contributed by atoms with van der Waals surface area (Å²) in [6, 6.07) is 7.98. The van der Waals surface area contributed by atoms with Crippen LogP contribution in [0.2, 0.25) is 0 Å². The molecule has 2 aromatic carbocycles. The number of phenols is 1. The predicted octanol–water partition coefficient (Wildman–Crippen LogP) is 6.16. The fraction of sp³-hybridized carbons (Fsp3) is 0.375. The number of alkyl halides is 3. The zero-order valence-electron chi connectivity index (χ0n) is 17.2. The molecule has 1 heterocycles. The number of carbonyl (C=O) groups is 1. The van der Waals surface area contributed by atoms with E-state index in [1.165, 1.54) is 37.3 Å². The largest absolute Gasteiger partial charge is 0.508 e. The Balaban J connectivity index is 1.67. The van der Waals surface area contributed by atoms with Gasteiger partial charge in [-0.1, -0.05) is 0 Å². The Morgan fingerprint density at radius 3 is 2.38 bits per heavy atom. The van der Waals surface area contributed by atoms with E-state index < -0.39 is 35.5 Å². The van der Waals surface area contributed by atoms with Crippen LogP contribution in [0.5, 0.6) is 5.75 Å². The number of hydrogen-bond acceptors (Lipinski definition) is 2. The highest BCUT2D eigenvalue weighted by Crippen LogP contribution is 2.65. The Hall–Kier alpha value is -3.03. The standard InChI is InChI=1S/C24H21F4NO3/c1-12-6-15(2-4-18(12)25)29-19-5-3-16(30)7-17(19)20(21(29)24(26,27)28)13-8-23(9-13)10-14(11-23)22(31)32/h2-7,13-14,30H,8-11H2,1H3,(H,31,32). The Kier molecular flexibility index (Phi) is 4.39. The van der Waals surface area contributed by atoms with Gasteiger partial charge in [0.15, 0.2) is 0 Å². The molecule has 32 heavy (non-hydrogen) atoms. The first kappa shape index (κ1) is 20.8. The smallest absolute Gasteiger partial charge is 0.432 e. The van der Waals surface area contributed by atoms with Crippen LogP contribution in [0.1, 0.15) is 48.4 Å². The van der Waals surface area contributed by atoms with Crippen LogP contribution in [-0.2, 0) is 11.0 Å². The van der Waals surface area contributed by atoms with Crippen LogP contribution >= 0.6 is 0 Å². The van der Waals surface area contributed by atoms with Crippen LogP contribution < -0.4 is 0 Å². The molecule has 2 aliphatic carbocycles. The molecule has 3 aromatic rings. The van der Waals surface area contributed by atoms with Crippen molar-refractivity contribution in [1.82, 2.24) is 4.57 Å². The maximum Gasteiger partial charge on any atom is 0.432 e. The molecule has 1 aromatic heterocycles. The lowest BCUT2D eigenvalue weighted by atomic mass is 9.47. The van der Waals surface area contributed by atoms with E-state index in [1.54, 1.807) is 0 Å². The molecular formula is C24H21F4NO3. The normalized spacial score (nSPS) is 25.0. The third kappa shape index (κ3) is 3.07. The van der Waals surface area contributed by atoms with Crippen molar-refractivity contribution in [3.05, 3.63) is 59.0 Å². The molecule has 2 saturated carbocycles. The fourth-order valence-corrected chi connectivity index (χ4v) is 5.72. The molecule has 0 bridgehead atoms. The molecule has 1 spiro atoms. The molecule has 2 fully saturated rings. The van der Waals surface area contributed by atoms with Crippen molar-refractivity contribution in [1.29, 1.82) is 0 Å². The molecule has 0 amide bonds. The Morgan fingerprint density at radius 2 is 1.78 bits per heavy atom. The first-order valence-corrected chi connectivity index (χ1v) is 10.4. The lowest BCUT2D eigenvalue weighted by molar-refractivity contribution is -0.156. The Morgan fingerprint density at radius 1 is 1.09 bits per heavy atom. The average molecular weight is 447 g/mol. The van der Waals surface area contributed by atoms with E-state index in [0.29, 0.717) is 31.1 Å². The number of carboxylic acids is 1. The molecule has 0 aliphatic heterocycles. The third-order valence-electron chi connectivity index (χ3n) is 7.13. The number of aliphatic carboxylic acids is 1. The summed E-state index contributed by atoms with van der Waals surface area (Å²) in [5.74, 6) is -2.32. The second-order valence-electron chi connectivity index (χ2n) is 9.28. The number of fused-ring (bicyclic) bond motifs is 1. The molecule has 0 atom stereocenters. The zero-order valence-corrected chi connectivity index (χ0v) is 17.2. The van der Waals surface area contributed by atoms with Crippen molar-refractivity contribution in [2.75, 3.05) is 0 Å². The monoisotopic (exact) mass is 447 g/mol. The SMILES string of the molecule is Cc1cc(-n2c(C(F)(F)F)c(C3CC4(CC(C(=O)O)C4)C3)c3cc(O)ccc32)ccc1F. The third-order valence-corrected chi connectivity index (χ3v) is 7.13. The first-order valence-electron chi connectivity index (χ1n) is 10.4. The minimum atomic E-state index is -4.68. The maximum absolute atomic E-state index is 14.5. The second-order valence-corrected chi connectivity index (χ2v) is 9.28. The van der Waals surface area contributed by atoms with Gasteiger partial charge in [-0.15, -0.1) is 0 Å².